The summed E-state index contributed by atoms with van der Waals surface area (Å²) in [5, 5.41) is 2.86. The summed E-state index contributed by atoms with van der Waals surface area (Å²) < 4.78 is 0. The van der Waals surface area contributed by atoms with Gasteiger partial charge >= 0.3 is 11.8 Å². The van der Waals surface area contributed by atoms with Crippen LogP contribution in [0.2, 0.25) is 5.02 Å². The van der Waals surface area contributed by atoms with Crippen LogP contribution in [0.4, 0.5) is 5.69 Å². The first-order chi connectivity index (χ1) is 9.61. The van der Waals surface area contributed by atoms with Crippen LogP contribution in [0.5, 0.6) is 0 Å². The standard InChI is InChI=1S/C13H14ClN3O3/c14-10-3-1-2-4-11(10)15-12(19)13(20)17-7-5-16(9-18)6-8-17/h1-4,9H,5-8H2,(H,15,19). The Morgan fingerprint density at radius 3 is 2.40 bits per heavy atom. The van der Waals surface area contributed by atoms with Crippen LogP contribution in [0.1, 0.15) is 0 Å². The molecule has 1 aliphatic rings. The van der Waals surface area contributed by atoms with E-state index >= 15 is 0 Å². The highest BCUT2D eigenvalue weighted by atomic mass is 35.5. The molecule has 0 spiro atoms. The summed E-state index contributed by atoms with van der Waals surface area (Å²) in [7, 11) is 0. The summed E-state index contributed by atoms with van der Waals surface area (Å²) in [6, 6.07) is 6.70. The Bertz CT molecular complexity index is 527. The van der Waals surface area contributed by atoms with E-state index in [0.29, 0.717) is 36.9 Å². The van der Waals surface area contributed by atoms with E-state index in [4.69, 9.17) is 11.6 Å². The van der Waals surface area contributed by atoms with Gasteiger partial charge in [0.25, 0.3) is 0 Å². The summed E-state index contributed by atoms with van der Waals surface area (Å²) in [4.78, 5) is 37.4. The zero-order chi connectivity index (χ0) is 14.5. The largest absolute Gasteiger partial charge is 0.342 e. The monoisotopic (exact) mass is 295 g/mol. The van der Waals surface area contributed by atoms with Crippen molar-refractivity contribution >= 4 is 35.5 Å². The van der Waals surface area contributed by atoms with Gasteiger partial charge in [0.05, 0.1) is 10.7 Å². The Labute approximate surface area is 121 Å². The lowest BCUT2D eigenvalue weighted by molar-refractivity contribution is -0.144. The Morgan fingerprint density at radius 1 is 1.15 bits per heavy atom. The molecular weight excluding hydrogens is 282 g/mol. The van der Waals surface area contributed by atoms with Gasteiger partial charge in [0.2, 0.25) is 6.41 Å². The minimum Gasteiger partial charge on any atom is -0.342 e. The first-order valence-corrected chi connectivity index (χ1v) is 6.53. The molecule has 7 heteroatoms. The van der Waals surface area contributed by atoms with Crippen LogP contribution in [0.3, 0.4) is 0 Å². The van der Waals surface area contributed by atoms with E-state index in [1.807, 2.05) is 0 Å². The molecule has 106 valence electrons. The van der Waals surface area contributed by atoms with Crippen LogP contribution in [0.15, 0.2) is 24.3 Å². The van der Waals surface area contributed by atoms with Gasteiger partial charge in [0.15, 0.2) is 0 Å². The minimum absolute atomic E-state index is 0.355. The molecule has 0 atom stereocenters. The van der Waals surface area contributed by atoms with Gasteiger partial charge in [-0.1, -0.05) is 23.7 Å². The van der Waals surface area contributed by atoms with Gasteiger partial charge in [0, 0.05) is 26.2 Å². The number of rotatable bonds is 2. The Hall–Kier alpha value is -2.08. The molecule has 1 aromatic carbocycles. The molecular formula is C13H14ClN3O3. The van der Waals surface area contributed by atoms with Crippen LogP contribution in [0.25, 0.3) is 0 Å². The molecule has 0 unspecified atom stereocenters. The third kappa shape index (κ3) is 3.27. The van der Waals surface area contributed by atoms with Crippen molar-refractivity contribution in [2.24, 2.45) is 0 Å². The number of hydrogen-bond acceptors (Lipinski definition) is 3. The van der Waals surface area contributed by atoms with Crippen molar-refractivity contribution in [1.29, 1.82) is 0 Å². The molecule has 1 heterocycles. The van der Waals surface area contributed by atoms with E-state index < -0.39 is 11.8 Å². The lowest BCUT2D eigenvalue weighted by atomic mass is 10.3. The number of piperazine rings is 1. The van der Waals surface area contributed by atoms with Crippen molar-refractivity contribution in [3.8, 4) is 0 Å². The average Bonchev–Trinajstić information content (AvgIpc) is 2.49. The molecule has 3 amide bonds. The van der Waals surface area contributed by atoms with E-state index in [-0.39, 0.29) is 0 Å². The number of carbonyl (C=O) groups excluding carboxylic acids is 3. The third-order valence-electron chi connectivity index (χ3n) is 3.07. The number of halogens is 1. The molecule has 0 saturated carbocycles. The quantitative estimate of drug-likeness (QED) is 0.641. The normalized spacial score (nSPS) is 14.8. The minimum atomic E-state index is -0.724. The molecule has 2 rings (SSSR count). The van der Waals surface area contributed by atoms with Gasteiger partial charge in [-0.3, -0.25) is 14.4 Å². The molecule has 0 aliphatic carbocycles. The van der Waals surface area contributed by atoms with Gasteiger partial charge in [0.1, 0.15) is 0 Å². The van der Waals surface area contributed by atoms with Gasteiger partial charge in [-0.15, -0.1) is 0 Å². The summed E-state index contributed by atoms with van der Waals surface area (Å²) in [6.45, 7) is 1.59. The maximum atomic E-state index is 12.0. The van der Waals surface area contributed by atoms with E-state index in [9.17, 15) is 14.4 Å². The first-order valence-electron chi connectivity index (χ1n) is 6.16. The van der Waals surface area contributed by atoms with Crippen LogP contribution in [-0.2, 0) is 14.4 Å². The van der Waals surface area contributed by atoms with E-state index in [1.54, 1.807) is 29.2 Å². The number of nitrogens with zero attached hydrogens (tertiary/aromatic N) is 2. The molecule has 1 aromatic rings. The molecule has 1 fully saturated rings. The number of nitrogens with one attached hydrogen (secondary N) is 1. The molecule has 1 aliphatic heterocycles. The number of benzene rings is 1. The number of amides is 3. The number of carbonyl (C=O) groups is 3. The SMILES string of the molecule is O=CN1CCN(C(=O)C(=O)Nc2ccccc2Cl)CC1. The van der Waals surface area contributed by atoms with Crippen LogP contribution < -0.4 is 5.32 Å². The molecule has 0 bridgehead atoms. The number of para-hydroxylation sites is 1. The number of anilines is 1. The van der Waals surface area contributed by atoms with Crippen LogP contribution in [0, 0.1) is 0 Å². The topological polar surface area (TPSA) is 69.7 Å². The number of hydrogen-bond donors (Lipinski definition) is 1. The molecule has 0 radical (unpaired) electrons. The van der Waals surface area contributed by atoms with E-state index in [2.05, 4.69) is 5.32 Å². The maximum Gasteiger partial charge on any atom is 0.313 e. The van der Waals surface area contributed by atoms with Gasteiger partial charge in [-0.2, -0.15) is 0 Å². The highest BCUT2D eigenvalue weighted by molar-refractivity contribution is 6.41. The Balaban J connectivity index is 1.94. The first kappa shape index (κ1) is 14.3. The van der Waals surface area contributed by atoms with Gasteiger partial charge < -0.3 is 15.1 Å². The average molecular weight is 296 g/mol. The fourth-order valence-electron chi connectivity index (χ4n) is 1.91. The Kier molecular flexibility index (Phi) is 4.57. The van der Waals surface area contributed by atoms with Gasteiger partial charge in [-0.25, -0.2) is 0 Å². The van der Waals surface area contributed by atoms with Crippen molar-refractivity contribution in [2.45, 2.75) is 0 Å². The third-order valence-corrected chi connectivity index (χ3v) is 3.40. The zero-order valence-corrected chi connectivity index (χ0v) is 11.5. The second kappa shape index (κ2) is 6.38. The predicted octanol–water partition coefficient (Wildman–Crippen LogP) is 0.579. The van der Waals surface area contributed by atoms with Crippen molar-refractivity contribution in [2.75, 3.05) is 31.5 Å². The summed E-state index contributed by atoms with van der Waals surface area (Å²) in [5.74, 6) is -1.34. The summed E-state index contributed by atoms with van der Waals surface area (Å²) in [6.07, 6.45) is 0.742. The lowest BCUT2D eigenvalue weighted by Gasteiger charge is -2.32. The molecule has 6 nitrogen and oxygen atoms in total. The molecule has 0 aromatic heterocycles. The second-order valence-corrected chi connectivity index (χ2v) is 4.77. The molecule has 1 N–H and O–H groups in total. The smallest absolute Gasteiger partial charge is 0.313 e. The zero-order valence-electron chi connectivity index (χ0n) is 10.7. The lowest BCUT2D eigenvalue weighted by Crippen LogP contribution is -2.51. The summed E-state index contributed by atoms with van der Waals surface area (Å²) >= 11 is 5.91. The van der Waals surface area contributed by atoms with E-state index in [1.165, 1.54) is 4.90 Å². The maximum absolute atomic E-state index is 12.0. The fourth-order valence-corrected chi connectivity index (χ4v) is 2.10. The van der Waals surface area contributed by atoms with E-state index in [0.717, 1.165) is 6.41 Å². The molecule has 1 saturated heterocycles. The highest BCUT2D eigenvalue weighted by Gasteiger charge is 2.25. The predicted molar refractivity (Wildman–Crippen MR) is 74.3 cm³/mol. The second-order valence-electron chi connectivity index (χ2n) is 4.37. The summed E-state index contributed by atoms with van der Waals surface area (Å²) in [5.41, 5.74) is 0.402. The Morgan fingerprint density at radius 2 is 1.80 bits per heavy atom. The van der Waals surface area contributed by atoms with Crippen molar-refractivity contribution < 1.29 is 14.4 Å². The van der Waals surface area contributed by atoms with Gasteiger partial charge in [-0.05, 0) is 12.1 Å². The van der Waals surface area contributed by atoms with Crippen LogP contribution >= 0.6 is 11.6 Å². The van der Waals surface area contributed by atoms with Crippen LogP contribution in [-0.4, -0.2) is 54.2 Å². The van der Waals surface area contributed by atoms with Crippen molar-refractivity contribution in [1.82, 2.24) is 9.80 Å². The highest BCUT2D eigenvalue weighted by Crippen LogP contribution is 2.20. The van der Waals surface area contributed by atoms with Crippen molar-refractivity contribution in [3.05, 3.63) is 29.3 Å². The molecule has 20 heavy (non-hydrogen) atoms. The fraction of sp³-hybridized carbons (Fsp3) is 0.308. The van der Waals surface area contributed by atoms with Crippen molar-refractivity contribution in [3.63, 3.8) is 0 Å².